The summed E-state index contributed by atoms with van der Waals surface area (Å²) in [5, 5.41) is 4.31. The maximum Gasteiger partial charge on any atom is 0.270 e. The van der Waals surface area contributed by atoms with Crippen LogP contribution in [0.25, 0.3) is 0 Å². The third-order valence-electron chi connectivity index (χ3n) is 4.59. The third-order valence-corrected chi connectivity index (χ3v) is 7.26. The molecular formula is C21H17FN2O3S2. The number of carbonyl (C=O) groups is 1. The molecule has 0 saturated heterocycles. The molecule has 0 aliphatic carbocycles. The predicted molar refractivity (Wildman–Crippen MR) is 113 cm³/mol. The normalized spacial score (nSPS) is 16.7. The molecule has 8 heteroatoms. The first kappa shape index (κ1) is 19.4. The van der Waals surface area contributed by atoms with Gasteiger partial charge in [0.05, 0.1) is 17.9 Å². The van der Waals surface area contributed by atoms with Crippen molar-refractivity contribution in [3.8, 4) is 0 Å². The first-order valence-corrected chi connectivity index (χ1v) is 11.1. The van der Waals surface area contributed by atoms with Crippen LogP contribution in [0.3, 0.4) is 0 Å². The zero-order valence-corrected chi connectivity index (χ0v) is 17.1. The summed E-state index contributed by atoms with van der Waals surface area (Å²) in [6.45, 7) is 2.04. The molecule has 2 heterocycles. The number of Topliss-reactive ketones (excluding diaryl/α,β-unsaturated/α-hetero) is 1. The van der Waals surface area contributed by atoms with Gasteiger partial charge >= 0.3 is 0 Å². The Morgan fingerprint density at radius 2 is 1.83 bits per heavy atom. The number of benzene rings is 2. The lowest BCUT2D eigenvalue weighted by Gasteiger charge is -2.29. The van der Waals surface area contributed by atoms with Crippen LogP contribution in [0.2, 0.25) is 0 Å². The number of carbonyl (C=O) groups excluding carboxylic acids is 1. The highest BCUT2D eigenvalue weighted by Crippen LogP contribution is 2.39. The van der Waals surface area contributed by atoms with Crippen LogP contribution in [0.15, 0.2) is 71.1 Å². The van der Waals surface area contributed by atoms with Crippen molar-refractivity contribution in [2.24, 2.45) is 0 Å². The van der Waals surface area contributed by atoms with Crippen molar-refractivity contribution in [3.05, 3.63) is 92.9 Å². The number of anilines is 2. The van der Waals surface area contributed by atoms with Crippen LogP contribution in [-0.2, 0) is 16.6 Å². The number of rotatable bonds is 4. The second-order valence-electron chi connectivity index (χ2n) is 6.59. The minimum atomic E-state index is -4.12. The molecule has 3 aromatic rings. The van der Waals surface area contributed by atoms with Crippen molar-refractivity contribution in [1.29, 1.82) is 0 Å². The van der Waals surface area contributed by atoms with Gasteiger partial charge < -0.3 is 5.32 Å². The fourth-order valence-electron chi connectivity index (χ4n) is 3.04. The molecule has 0 amide bonds. The van der Waals surface area contributed by atoms with E-state index in [1.165, 1.54) is 33.8 Å². The highest BCUT2D eigenvalue weighted by Gasteiger charge is 2.41. The molecule has 4 rings (SSSR count). The molecule has 0 atom stereocenters. The van der Waals surface area contributed by atoms with Crippen molar-refractivity contribution < 1.29 is 17.6 Å². The summed E-state index contributed by atoms with van der Waals surface area (Å²) in [7, 11) is -4.12. The zero-order chi connectivity index (χ0) is 20.6. The molecule has 0 spiro atoms. The lowest BCUT2D eigenvalue weighted by Crippen LogP contribution is -2.38. The fraction of sp³-hybridized carbons (Fsp3) is 0.0952. The molecule has 0 bridgehead atoms. The van der Waals surface area contributed by atoms with Gasteiger partial charge in [0.15, 0.2) is 4.91 Å². The average molecular weight is 429 g/mol. The van der Waals surface area contributed by atoms with Gasteiger partial charge in [0.2, 0.25) is 5.78 Å². The van der Waals surface area contributed by atoms with Gasteiger partial charge in [0, 0.05) is 6.20 Å². The molecule has 0 radical (unpaired) electrons. The van der Waals surface area contributed by atoms with E-state index in [-0.39, 0.29) is 12.2 Å². The molecule has 1 aromatic heterocycles. The number of aryl methyl sites for hydroxylation is 1. The van der Waals surface area contributed by atoms with Crippen LogP contribution in [-0.4, -0.2) is 14.2 Å². The van der Waals surface area contributed by atoms with Crippen molar-refractivity contribution >= 4 is 38.5 Å². The number of halogens is 1. The van der Waals surface area contributed by atoms with E-state index in [9.17, 15) is 17.6 Å². The second-order valence-corrected chi connectivity index (χ2v) is 9.34. The maximum absolute atomic E-state index is 13.9. The second kappa shape index (κ2) is 7.46. The number of hydrogen-bond acceptors (Lipinski definition) is 5. The zero-order valence-electron chi connectivity index (χ0n) is 15.4. The number of para-hydroxylation sites is 1. The van der Waals surface area contributed by atoms with E-state index >= 15 is 0 Å². The molecule has 1 aliphatic rings. The Bertz CT molecular complexity index is 1210. The quantitative estimate of drug-likeness (QED) is 0.613. The van der Waals surface area contributed by atoms with E-state index in [1.54, 1.807) is 17.5 Å². The Balaban J connectivity index is 1.75. The van der Waals surface area contributed by atoms with E-state index in [2.05, 4.69) is 5.32 Å². The summed E-state index contributed by atoms with van der Waals surface area (Å²) < 4.78 is 41.6. The van der Waals surface area contributed by atoms with E-state index in [1.807, 2.05) is 31.2 Å². The molecule has 0 fully saturated rings. The monoisotopic (exact) mass is 428 g/mol. The minimum absolute atomic E-state index is 0.0880. The summed E-state index contributed by atoms with van der Waals surface area (Å²) in [5.41, 5.74) is 2.32. The van der Waals surface area contributed by atoms with Gasteiger partial charge in [-0.25, -0.2) is 12.8 Å². The summed E-state index contributed by atoms with van der Waals surface area (Å²) >= 11 is 1.18. The number of hydrogen-bond donors (Lipinski definition) is 1. The highest BCUT2D eigenvalue weighted by atomic mass is 32.2. The van der Waals surface area contributed by atoms with Crippen molar-refractivity contribution in [2.45, 2.75) is 13.5 Å². The summed E-state index contributed by atoms with van der Waals surface area (Å²) in [6, 6.07) is 15.0. The van der Waals surface area contributed by atoms with Crippen LogP contribution < -0.4 is 9.62 Å². The Hall–Kier alpha value is -2.97. The largest absolute Gasteiger partial charge is 0.358 e. The van der Waals surface area contributed by atoms with E-state index in [4.69, 9.17) is 0 Å². The third kappa shape index (κ3) is 3.56. The van der Waals surface area contributed by atoms with Crippen molar-refractivity contribution in [3.63, 3.8) is 0 Å². The number of nitrogens with one attached hydrogen (secondary N) is 1. The standard InChI is InChI=1S/C21H17FN2O3S2/c1-14-6-8-15(9-7-14)13-24-18-10-11-28-21(18)20(25)19(29(24,26)27)12-23-17-5-3-2-4-16(17)22/h2-12,23H,13H2,1H3/b19-12-. The number of allylic oxidation sites excluding steroid dienone is 1. The SMILES string of the molecule is Cc1ccc(CN2c3ccsc3C(=O)/C(=C/Nc3ccccc3F)S2(=O)=O)cc1. The van der Waals surface area contributed by atoms with Crippen LogP contribution in [0.4, 0.5) is 15.8 Å². The van der Waals surface area contributed by atoms with Crippen LogP contribution in [0.1, 0.15) is 20.8 Å². The minimum Gasteiger partial charge on any atom is -0.358 e. The molecule has 5 nitrogen and oxygen atoms in total. The van der Waals surface area contributed by atoms with Gasteiger partial charge in [-0.15, -0.1) is 11.3 Å². The molecule has 0 saturated carbocycles. The Labute approximate surface area is 172 Å². The molecule has 29 heavy (non-hydrogen) atoms. The van der Waals surface area contributed by atoms with Crippen LogP contribution >= 0.6 is 11.3 Å². The molecule has 0 unspecified atom stereocenters. The predicted octanol–water partition coefficient (Wildman–Crippen LogP) is 4.68. The summed E-state index contributed by atoms with van der Waals surface area (Å²) in [5.74, 6) is -1.14. The summed E-state index contributed by atoms with van der Waals surface area (Å²) in [4.78, 5) is 12.8. The van der Waals surface area contributed by atoms with Gasteiger partial charge in [-0.1, -0.05) is 42.0 Å². The molecule has 2 aromatic carbocycles. The van der Waals surface area contributed by atoms with Gasteiger partial charge in [-0.2, -0.15) is 0 Å². The van der Waals surface area contributed by atoms with E-state index in [0.29, 0.717) is 10.6 Å². The first-order valence-electron chi connectivity index (χ1n) is 8.79. The fourth-order valence-corrected chi connectivity index (χ4v) is 5.52. The van der Waals surface area contributed by atoms with E-state index < -0.39 is 26.5 Å². The van der Waals surface area contributed by atoms with Gasteiger partial charge in [-0.3, -0.25) is 9.10 Å². The number of sulfonamides is 1. The molecule has 1 N–H and O–H groups in total. The summed E-state index contributed by atoms with van der Waals surface area (Å²) in [6.07, 6.45) is 1.07. The number of nitrogens with zero attached hydrogens (tertiary/aromatic N) is 1. The van der Waals surface area contributed by atoms with Crippen LogP contribution in [0.5, 0.6) is 0 Å². The highest BCUT2D eigenvalue weighted by molar-refractivity contribution is 7.97. The van der Waals surface area contributed by atoms with Gasteiger partial charge in [-0.05, 0) is 36.1 Å². The molecule has 1 aliphatic heterocycles. The average Bonchev–Trinajstić information content (AvgIpc) is 3.17. The van der Waals surface area contributed by atoms with Crippen molar-refractivity contribution in [1.82, 2.24) is 0 Å². The molecular weight excluding hydrogens is 411 g/mol. The Morgan fingerprint density at radius 3 is 2.55 bits per heavy atom. The van der Waals surface area contributed by atoms with Gasteiger partial charge in [0.25, 0.3) is 10.0 Å². The van der Waals surface area contributed by atoms with Crippen molar-refractivity contribution in [2.75, 3.05) is 9.62 Å². The Morgan fingerprint density at radius 1 is 1.10 bits per heavy atom. The van der Waals surface area contributed by atoms with Crippen LogP contribution in [0, 0.1) is 12.7 Å². The van der Waals surface area contributed by atoms with E-state index in [0.717, 1.165) is 17.3 Å². The topological polar surface area (TPSA) is 66.5 Å². The lowest BCUT2D eigenvalue weighted by atomic mass is 10.1. The smallest absolute Gasteiger partial charge is 0.270 e. The molecule has 148 valence electrons. The number of ketones is 1. The number of thiophene rings is 1. The Kier molecular flexibility index (Phi) is 4.97. The number of fused-ring (bicyclic) bond motifs is 1. The van der Waals surface area contributed by atoms with Gasteiger partial charge in [0.1, 0.15) is 10.7 Å². The first-order chi connectivity index (χ1) is 13.9. The maximum atomic E-state index is 13.9. The lowest BCUT2D eigenvalue weighted by molar-refractivity contribution is 0.104.